The molecule has 0 saturated heterocycles. The van der Waals surface area contributed by atoms with E-state index in [-0.39, 0.29) is 12.6 Å². The van der Waals surface area contributed by atoms with Crippen molar-refractivity contribution in [2.24, 2.45) is 5.73 Å². The second kappa shape index (κ2) is 7.01. The van der Waals surface area contributed by atoms with Crippen molar-refractivity contribution in [1.82, 2.24) is 4.90 Å². The Morgan fingerprint density at radius 2 is 1.88 bits per heavy atom. The molecule has 1 rings (SSSR count). The molecule has 96 valence electrons. The van der Waals surface area contributed by atoms with Crippen molar-refractivity contribution < 1.29 is 5.11 Å². The van der Waals surface area contributed by atoms with E-state index in [4.69, 9.17) is 5.73 Å². The highest BCUT2D eigenvalue weighted by atomic mass is 32.2. The number of benzene rings is 1. The number of nitrogens with zero attached hydrogens (tertiary/aromatic N) is 1. The van der Waals surface area contributed by atoms with Gasteiger partial charge in [0.1, 0.15) is 0 Å². The van der Waals surface area contributed by atoms with E-state index >= 15 is 0 Å². The Hall–Kier alpha value is -0.550. The quantitative estimate of drug-likeness (QED) is 0.759. The molecule has 0 bridgehead atoms. The van der Waals surface area contributed by atoms with Gasteiger partial charge in [-0.1, -0.05) is 19.1 Å². The molecule has 0 aliphatic rings. The minimum Gasteiger partial charge on any atom is -0.390 e. The number of rotatable bonds is 6. The fourth-order valence-corrected chi connectivity index (χ4v) is 2.58. The van der Waals surface area contributed by atoms with Gasteiger partial charge in [0.05, 0.1) is 12.1 Å². The zero-order chi connectivity index (χ0) is 12.8. The maximum absolute atomic E-state index is 9.94. The van der Waals surface area contributed by atoms with Crippen molar-refractivity contribution in [1.29, 1.82) is 0 Å². The lowest BCUT2D eigenvalue weighted by Gasteiger charge is -2.28. The lowest BCUT2D eigenvalue weighted by atomic mass is 10.0. The molecule has 0 aromatic heterocycles. The van der Waals surface area contributed by atoms with Crippen LogP contribution in [-0.4, -0.2) is 42.5 Å². The van der Waals surface area contributed by atoms with E-state index in [1.807, 2.05) is 30.8 Å². The molecule has 3 nitrogen and oxygen atoms in total. The summed E-state index contributed by atoms with van der Waals surface area (Å²) in [7, 11) is 3.91. The van der Waals surface area contributed by atoms with Crippen molar-refractivity contribution in [3.8, 4) is 0 Å². The van der Waals surface area contributed by atoms with Gasteiger partial charge in [-0.25, -0.2) is 0 Å². The molecule has 1 aromatic carbocycles. The van der Waals surface area contributed by atoms with Crippen molar-refractivity contribution in [2.45, 2.75) is 24.0 Å². The minimum atomic E-state index is -0.533. The highest BCUT2D eigenvalue weighted by Gasteiger charge is 2.21. The first-order valence-electron chi connectivity index (χ1n) is 5.87. The topological polar surface area (TPSA) is 49.5 Å². The van der Waals surface area contributed by atoms with Crippen LogP contribution in [0.2, 0.25) is 0 Å². The predicted octanol–water partition coefficient (Wildman–Crippen LogP) is 1.72. The largest absolute Gasteiger partial charge is 0.390 e. The second-order valence-corrected chi connectivity index (χ2v) is 5.55. The van der Waals surface area contributed by atoms with E-state index in [9.17, 15) is 5.11 Å². The third-order valence-corrected chi connectivity index (χ3v) is 3.59. The summed E-state index contributed by atoms with van der Waals surface area (Å²) >= 11 is 1.82. The average molecular weight is 254 g/mol. The molecule has 0 radical (unpaired) electrons. The molecular formula is C13H22N2OS. The Labute approximate surface area is 108 Å². The number of hydrogen-bond acceptors (Lipinski definition) is 4. The van der Waals surface area contributed by atoms with Crippen LogP contribution >= 0.6 is 11.8 Å². The molecule has 0 heterocycles. The fraction of sp³-hybridized carbons (Fsp3) is 0.538. The van der Waals surface area contributed by atoms with Crippen LogP contribution in [-0.2, 0) is 0 Å². The van der Waals surface area contributed by atoms with E-state index in [0.717, 1.165) is 11.3 Å². The molecule has 2 unspecified atom stereocenters. The van der Waals surface area contributed by atoms with E-state index in [2.05, 4.69) is 31.2 Å². The van der Waals surface area contributed by atoms with E-state index < -0.39 is 6.10 Å². The normalized spacial score (nSPS) is 14.9. The number of nitrogens with two attached hydrogens (primary N) is 1. The Balaban J connectivity index is 2.87. The van der Waals surface area contributed by atoms with Crippen LogP contribution in [0, 0.1) is 0 Å². The smallest absolute Gasteiger partial charge is 0.0858 e. The van der Waals surface area contributed by atoms with Gasteiger partial charge in [-0.2, -0.15) is 0 Å². The van der Waals surface area contributed by atoms with Gasteiger partial charge in [-0.3, -0.25) is 0 Å². The summed E-state index contributed by atoms with van der Waals surface area (Å²) in [5.74, 6) is 1.07. The zero-order valence-corrected chi connectivity index (χ0v) is 11.6. The SMILES string of the molecule is CCSc1ccc(C(C(O)CN)N(C)C)cc1. The fourth-order valence-electron chi connectivity index (χ4n) is 1.92. The van der Waals surface area contributed by atoms with Gasteiger partial charge in [0.2, 0.25) is 0 Å². The van der Waals surface area contributed by atoms with Gasteiger partial charge in [-0.15, -0.1) is 11.8 Å². The first kappa shape index (κ1) is 14.5. The van der Waals surface area contributed by atoms with Crippen LogP contribution in [0.1, 0.15) is 18.5 Å². The lowest BCUT2D eigenvalue weighted by Crippen LogP contribution is -2.36. The average Bonchev–Trinajstić information content (AvgIpc) is 2.31. The van der Waals surface area contributed by atoms with E-state index in [0.29, 0.717) is 0 Å². The molecular weight excluding hydrogens is 232 g/mol. The second-order valence-electron chi connectivity index (χ2n) is 4.21. The maximum Gasteiger partial charge on any atom is 0.0858 e. The Morgan fingerprint density at radius 3 is 2.29 bits per heavy atom. The lowest BCUT2D eigenvalue weighted by molar-refractivity contribution is 0.0823. The summed E-state index contributed by atoms with van der Waals surface area (Å²) in [6.07, 6.45) is -0.533. The Kier molecular flexibility index (Phi) is 5.98. The first-order valence-corrected chi connectivity index (χ1v) is 6.86. The first-order chi connectivity index (χ1) is 8.10. The molecule has 0 aliphatic carbocycles. The van der Waals surface area contributed by atoms with Crippen molar-refractivity contribution in [2.75, 3.05) is 26.4 Å². The number of likely N-dealkylation sites (N-methyl/N-ethyl adjacent to an activating group) is 1. The number of aliphatic hydroxyl groups excluding tert-OH is 1. The van der Waals surface area contributed by atoms with Gasteiger partial charge in [-0.05, 0) is 37.5 Å². The molecule has 1 aromatic rings. The summed E-state index contributed by atoms with van der Waals surface area (Å²) in [5, 5.41) is 9.94. The Morgan fingerprint density at radius 1 is 1.29 bits per heavy atom. The molecule has 0 amide bonds. The maximum atomic E-state index is 9.94. The third kappa shape index (κ3) is 4.00. The molecule has 0 aliphatic heterocycles. The van der Waals surface area contributed by atoms with Crippen molar-refractivity contribution >= 4 is 11.8 Å². The van der Waals surface area contributed by atoms with Crippen LogP contribution in [0.5, 0.6) is 0 Å². The molecule has 3 N–H and O–H groups in total. The molecule has 0 saturated carbocycles. The van der Waals surface area contributed by atoms with Gasteiger partial charge < -0.3 is 15.7 Å². The van der Waals surface area contributed by atoms with Gasteiger partial charge >= 0.3 is 0 Å². The summed E-state index contributed by atoms with van der Waals surface area (Å²) in [6, 6.07) is 8.30. The van der Waals surface area contributed by atoms with Crippen LogP contribution in [0.4, 0.5) is 0 Å². The number of thioether (sulfide) groups is 1. The zero-order valence-electron chi connectivity index (χ0n) is 10.8. The Bertz CT molecular complexity index is 327. The standard InChI is InChI=1S/C13H22N2OS/c1-4-17-11-7-5-10(6-8-11)13(15(2)3)12(16)9-14/h5-8,12-13,16H,4,9,14H2,1-3H3. The summed E-state index contributed by atoms with van der Waals surface area (Å²) < 4.78 is 0. The van der Waals surface area contributed by atoms with Crippen LogP contribution < -0.4 is 5.73 Å². The summed E-state index contributed by atoms with van der Waals surface area (Å²) in [6.45, 7) is 2.41. The third-order valence-electron chi connectivity index (χ3n) is 2.69. The molecule has 4 heteroatoms. The van der Waals surface area contributed by atoms with Crippen molar-refractivity contribution in [3.05, 3.63) is 29.8 Å². The highest BCUT2D eigenvalue weighted by molar-refractivity contribution is 7.99. The number of hydrogen-bond donors (Lipinski definition) is 2. The molecule has 2 atom stereocenters. The highest BCUT2D eigenvalue weighted by Crippen LogP contribution is 2.25. The number of aliphatic hydroxyl groups is 1. The van der Waals surface area contributed by atoms with Gasteiger partial charge in [0.15, 0.2) is 0 Å². The monoisotopic (exact) mass is 254 g/mol. The van der Waals surface area contributed by atoms with E-state index in [1.54, 1.807) is 0 Å². The molecule has 17 heavy (non-hydrogen) atoms. The van der Waals surface area contributed by atoms with Crippen LogP contribution in [0.3, 0.4) is 0 Å². The molecule has 0 fully saturated rings. The van der Waals surface area contributed by atoms with E-state index in [1.165, 1.54) is 4.90 Å². The van der Waals surface area contributed by atoms with Gasteiger partial charge in [0, 0.05) is 11.4 Å². The van der Waals surface area contributed by atoms with Gasteiger partial charge in [0.25, 0.3) is 0 Å². The van der Waals surface area contributed by atoms with Crippen LogP contribution in [0.25, 0.3) is 0 Å². The van der Waals surface area contributed by atoms with Crippen LogP contribution in [0.15, 0.2) is 29.2 Å². The minimum absolute atomic E-state index is 0.0410. The summed E-state index contributed by atoms with van der Waals surface area (Å²) in [4.78, 5) is 3.26. The summed E-state index contributed by atoms with van der Waals surface area (Å²) in [5.41, 5.74) is 6.65. The molecule has 0 spiro atoms. The predicted molar refractivity (Wildman–Crippen MR) is 74.3 cm³/mol. The van der Waals surface area contributed by atoms with Crippen molar-refractivity contribution in [3.63, 3.8) is 0 Å².